The molecule has 9 heteroatoms. The van der Waals surface area contributed by atoms with Crippen molar-refractivity contribution >= 4 is 39.2 Å². The Morgan fingerprint density at radius 1 is 1.30 bits per heavy atom. The van der Waals surface area contributed by atoms with Crippen molar-refractivity contribution in [2.45, 2.75) is 18.5 Å². The normalized spacial score (nSPS) is 13.3. The van der Waals surface area contributed by atoms with Gasteiger partial charge in [-0.3, -0.25) is 0 Å². The van der Waals surface area contributed by atoms with Crippen LogP contribution < -0.4 is 5.32 Å². The lowest BCUT2D eigenvalue weighted by atomic mass is 10.2. The van der Waals surface area contributed by atoms with Gasteiger partial charge in [-0.15, -0.1) is 16.7 Å². The first kappa shape index (κ1) is 15.1. The lowest BCUT2D eigenvalue weighted by Crippen LogP contribution is -2.05. The zero-order valence-electron chi connectivity index (χ0n) is 10.0. The molecule has 20 heavy (non-hydrogen) atoms. The molecular weight excluding hydrogens is 362 g/mol. The fourth-order valence-electron chi connectivity index (χ4n) is 1.39. The molecule has 0 aliphatic carbocycles. The lowest BCUT2D eigenvalue weighted by molar-refractivity contribution is -0.137. The summed E-state index contributed by atoms with van der Waals surface area (Å²) in [6.45, 7) is 1.64. The van der Waals surface area contributed by atoms with Crippen molar-refractivity contribution in [1.29, 1.82) is 0 Å². The molecule has 2 aromatic rings. The summed E-state index contributed by atoms with van der Waals surface area (Å²) >= 11 is 8.77. The number of nitrogens with zero attached hydrogens (tertiary/aromatic N) is 2. The number of alkyl halides is 4. The summed E-state index contributed by atoms with van der Waals surface area (Å²) in [4.78, 5) is 0. The zero-order chi connectivity index (χ0) is 14.9. The summed E-state index contributed by atoms with van der Waals surface area (Å²) in [7, 11) is 0. The molecule has 4 nitrogen and oxygen atoms in total. The molecule has 0 radical (unpaired) electrons. The van der Waals surface area contributed by atoms with Gasteiger partial charge in [0.25, 0.3) is 0 Å². The molecule has 0 saturated carbocycles. The maximum atomic E-state index is 12.7. The standard InChI is InChI=1S/C11H8BrClF3N3O/c1-5(13)9-18-19-10(20-9)17-8-3-6(11(14,15)16)2-7(12)4-8/h2-5H,1H3,(H,17,19). The van der Waals surface area contributed by atoms with Gasteiger partial charge in [-0.1, -0.05) is 21.0 Å². The Morgan fingerprint density at radius 3 is 2.55 bits per heavy atom. The smallest absolute Gasteiger partial charge is 0.406 e. The molecule has 0 spiro atoms. The van der Waals surface area contributed by atoms with E-state index in [1.165, 1.54) is 6.07 Å². The number of hydrogen-bond donors (Lipinski definition) is 1. The highest BCUT2D eigenvalue weighted by Gasteiger charge is 2.31. The monoisotopic (exact) mass is 369 g/mol. The Morgan fingerprint density at radius 2 is 2.00 bits per heavy atom. The Labute approximate surface area is 125 Å². The van der Waals surface area contributed by atoms with E-state index in [1.54, 1.807) is 6.92 Å². The van der Waals surface area contributed by atoms with Crippen molar-refractivity contribution < 1.29 is 17.6 Å². The van der Waals surface area contributed by atoms with E-state index in [0.717, 1.165) is 12.1 Å². The van der Waals surface area contributed by atoms with Crippen molar-refractivity contribution in [3.8, 4) is 0 Å². The first-order valence-electron chi connectivity index (χ1n) is 5.38. The third-order valence-corrected chi connectivity index (χ3v) is 2.90. The predicted molar refractivity (Wildman–Crippen MR) is 71.0 cm³/mol. The van der Waals surface area contributed by atoms with Crippen LogP contribution in [0.15, 0.2) is 27.1 Å². The van der Waals surface area contributed by atoms with Crippen LogP contribution in [0, 0.1) is 0 Å². The zero-order valence-corrected chi connectivity index (χ0v) is 12.3. The van der Waals surface area contributed by atoms with E-state index in [-0.39, 0.29) is 22.1 Å². The van der Waals surface area contributed by atoms with Crippen molar-refractivity contribution in [3.05, 3.63) is 34.1 Å². The number of anilines is 2. The van der Waals surface area contributed by atoms with Crippen LogP contribution in [0.3, 0.4) is 0 Å². The Balaban J connectivity index is 2.26. The molecule has 1 atom stereocenters. The molecule has 0 fully saturated rings. The van der Waals surface area contributed by atoms with E-state index in [1.807, 2.05) is 0 Å². The summed E-state index contributed by atoms with van der Waals surface area (Å²) in [6, 6.07) is 3.35. The largest absolute Gasteiger partial charge is 0.416 e. The van der Waals surface area contributed by atoms with Gasteiger partial charge < -0.3 is 9.73 Å². The van der Waals surface area contributed by atoms with Gasteiger partial charge >= 0.3 is 12.2 Å². The summed E-state index contributed by atoms with van der Waals surface area (Å²) in [5.74, 6) is 0.181. The fraction of sp³-hybridized carbons (Fsp3) is 0.273. The average molecular weight is 371 g/mol. The van der Waals surface area contributed by atoms with Crippen LogP contribution in [0.25, 0.3) is 0 Å². The maximum absolute atomic E-state index is 12.7. The first-order chi connectivity index (χ1) is 9.25. The Bertz CT molecular complexity index is 615. The minimum atomic E-state index is -4.44. The number of nitrogens with one attached hydrogen (secondary N) is 1. The minimum Gasteiger partial charge on any atom is -0.406 e. The van der Waals surface area contributed by atoms with Gasteiger partial charge in [0, 0.05) is 10.2 Å². The van der Waals surface area contributed by atoms with Gasteiger partial charge in [0.05, 0.1) is 5.56 Å². The lowest BCUT2D eigenvalue weighted by Gasteiger charge is -2.09. The molecule has 1 N–H and O–H groups in total. The van der Waals surface area contributed by atoms with Crippen LogP contribution in [0.2, 0.25) is 0 Å². The maximum Gasteiger partial charge on any atom is 0.416 e. The molecule has 2 rings (SSSR count). The molecule has 0 aliphatic heterocycles. The highest BCUT2D eigenvalue weighted by molar-refractivity contribution is 9.10. The molecule has 108 valence electrons. The van der Waals surface area contributed by atoms with E-state index in [0.29, 0.717) is 0 Å². The average Bonchev–Trinajstić information content (AvgIpc) is 2.75. The molecule has 1 heterocycles. The summed E-state index contributed by atoms with van der Waals surface area (Å²) in [6.07, 6.45) is -4.44. The molecule has 0 saturated heterocycles. The summed E-state index contributed by atoms with van der Waals surface area (Å²) in [5, 5.41) is 9.43. The predicted octanol–water partition coefficient (Wildman–Crippen LogP) is 4.89. The van der Waals surface area contributed by atoms with E-state index in [9.17, 15) is 13.2 Å². The van der Waals surface area contributed by atoms with Crippen LogP contribution in [0.5, 0.6) is 0 Å². The fourth-order valence-corrected chi connectivity index (χ4v) is 1.98. The van der Waals surface area contributed by atoms with Gasteiger partial charge in [0.15, 0.2) is 0 Å². The molecule has 0 bridgehead atoms. The number of halogens is 5. The van der Waals surface area contributed by atoms with Gasteiger partial charge in [-0.25, -0.2) is 0 Å². The second-order valence-electron chi connectivity index (χ2n) is 3.91. The van der Waals surface area contributed by atoms with Crippen molar-refractivity contribution in [2.24, 2.45) is 0 Å². The van der Waals surface area contributed by atoms with E-state index >= 15 is 0 Å². The van der Waals surface area contributed by atoms with Crippen molar-refractivity contribution in [1.82, 2.24) is 10.2 Å². The Kier molecular flexibility index (Phi) is 4.24. The molecular formula is C11H8BrClF3N3O. The second kappa shape index (κ2) is 5.61. The first-order valence-corrected chi connectivity index (χ1v) is 6.61. The van der Waals surface area contributed by atoms with Crippen LogP contribution in [-0.4, -0.2) is 10.2 Å². The van der Waals surface area contributed by atoms with Gasteiger partial charge in [-0.2, -0.15) is 13.2 Å². The molecule has 1 unspecified atom stereocenters. The van der Waals surface area contributed by atoms with Crippen LogP contribution in [-0.2, 0) is 6.18 Å². The molecule has 0 aliphatic rings. The summed E-state index contributed by atoms with van der Waals surface area (Å²) in [5.41, 5.74) is -0.621. The summed E-state index contributed by atoms with van der Waals surface area (Å²) < 4.78 is 43.5. The van der Waals surface area contributed by atoms with Crippen LogP contribution >= 0.6 is 27.5 Å². The van der Waals surface area contributed by atoms with Gasteiger partial charge in [0.1, 0.15) is 5.38 Å². The third-order valence-electron chi connectivity index (χ3n) is 2.26. The topological polar surface area (TPSA) is 51.0 Å². The second-order valence-corrected chi connectivity index (χ2v) is 5.48. The third kappa shape index (κ3) is 3.63. The Hall–Kier alpha value is -1.28. The molecule has 0 amide bonds. The van der Waals surface area contributed by atoms with Crippen LogP contribution in [0.1, 0.15) is 23.8 Å². The number of hydrogen-bond acceptors (Lipinski definition) is 4. The van der Waals surface area contributed by atoms with Crippen LogP contribution in [0.4, 0.5) is 24.9 Å². The number of aromatic nitrogens is 2. The quantitative estimate of drug-likeness (QED) is 0.781. The molecule has 1 aromatic carbocycles. The van der Waals surface area contributed by atoms with E-state index in [4.69, 9.17) is 16.0 Å². The number of benzene rings is 1. The number of rotatable bonds is 3. The molecule has 1 aromatic heterocycles. The minimum absolute atomic E-state index is 0.0290. The van der Waals surface area contributed by atoms with Gasteiger partial charge in [-0.05, 0) is 25.1 Å². The highest BCUT2D eigenvalue weighted by atomic mass is 79.9. The highest BCUT2D eigenvalue weighted by Crippen LogP contribution is 2.34. The van der Waals surface area contributed by atoms with E-state index in [2.05, 4.69) is 31.4 Å². The van der Waals surface area contributed by atoms with Crippen molar-refractivity contribution in [3.63, 3.8) is 0 Å². The SMILES string of the molecule is CC(Cl)c1nnc(Nc2cc(Br)cc(C(F)(F)F)c2)o1. The van der Waals surface area contributed by atoms with Gasteiger partial charge in [0.2, 0.25) is 5.89 Å². The van der Waals surface area contributed by atoms with Crippen molar-refractivity contribution in [2.75, 3.05) is 5.32 Å². The van der Waals surface area contributed by atoms with E-state index < -0.39 is 17.1 Å².